The highest BCUT2D eigenvalue weighted by atomic mass is 35.5. The summed E-state index contributed by atoms with van der Waals surface area (Å²) in [4.78, 5) is 43.8. The molecule has 0 unspecified atom stereocenters. The molecule has 3 amide bonds. The summed E-state index contributed by atoms with van der Waals surface area (Å²) in [6.07, 6.45) is 5.99. The Labute approximate surface area is 202 Å². The Balaban J connectivity index is 1.24. The van der Waals surface area contributed by atoms with Gasteiger partial charge in [-0.25, -0.2) is 0 Å². The van der Waals surface area contributed by atoms with Gasteiger partial charge in [0, 0.05) is 54.4 Å². The predicted molar refractivity (Wildman–Crippen MR) is 134 cm³/mol. The Morgan fingerprint density at radius 1 is 1.09 bits per heavy atom. The molecule has 2 aliphatic heterocycles. The number of hydrogen-bond donors (Lipinski definition) is 2. The van der Waals surface area contributed by atoms with Gasteiger partial charge in [-0.15, -0.1) is 0 Å². The Morgan fingerprint density at radius 2 is 1.94 bits per heavy atom. The lowest BCUT2D eigenvalue weighted by Crippen LogP contribution is -2.41. The van der Waals surface area contributed by atoms with E-state index in [0.717, 1.165) is 22.9 Å². The van der Waals surface area contributed by atoms with Crippen LogP contribution in [0.5, 0.6) is 0 Å². The van der Waals surface area contributed by atoms with E-state index in [1.807, 2.05) is 12.3 Å². The summed E-state index contributed by atoms with van der Waals surface area (Å²) in [5, 5.41) is 4.15. The number of benzene rings is 2. The van der Waals surface area contributed by atoms with Crippen molar-refractivity contribution in [1.82, 2.24) is 9.88 Å². The normalized spacial score (nSPS) is 16.2. The van der Waals surface area contributed by atoms with Crippen molar-refractivity contribution < 1.29 is 14.4 Å². The average Bonchev–Trinajstić information content (AvgIpc) is 3.44. The maximum absolute atomic E-state index is 12.7. The molecule has 7 nitrogen and oxygen atoms in total. The molecule has 3 aromatic rings. The van der Waals surface area contributed by atoms with Crippen molar-refractivity contribution in [3.63, 3.8) is 0 Å². The predicted octanol–water partition coefficient (Wildman–Crippen LogP) is 4.51. The molecule has 2 aliphatic rings. The maximum atomic E-state index is 12.7. The number of H-pyrrole nitrogens is 1. The van der Waals surface area contributed by atoms with Crippen LogP contribution in [0.1, 0.15) is 30.4 Å². The number of carbonyl (C=O) groups is 3. The SMILES string of the molecule is Cc1ccc2c(C3=CCN(C(=O)C(=O)Nc4ccc(N5CCCC5=O)c(Cl)c4)CC3)c[nH]c2c1. The highest BCUT2D eigenvalue weighted by Crippen LogP contribution is 2.32. The second kappa shape index (κ2) is 8.99. The highest BCUT2D eigenvalue weighted by Gasteiger charge is 2.26. The Morgan fingerprint density at radius 3 is 2.65 bits per heavy atom. The zero-order chi connectivity index (χ0) is 23.8. The van der Waals surface area contributed by atoms with Crippen LogP contribution in [0.2, 0.25) is 5.02 Å². The van der Waals surface area contributed by atoms with Crippen molar-refractivity contribution in [2.24, 2.45) is 0 Å². The van der Waals surface area contributed by atoms with Crippen LogP contribution in [0, 0.1) is 6.92 Å². The second-order valence-corrected chi connectivity index (χ2v) is 9.16. The lowest BCUT2D eigenvalue weighted by atomic mass is 9.98. The smallest absolute Gasteiger partial charge is 0.313 e. The van der Waals surface area contributed by atoms with Crippen LogP contribution in [0.4, 0.5) is 11.4 Å². The van der Waals surface area contributed by atoms with Crippen LogP contribution < -0.4 is 10.2 Å². The van der Waals surface area contributed by atoms with Gasteiger partial charge in [-0.2, -0.15) is 0 Å². The number of rotatable bonds is 3. The summed E-state index contributed by atoms with van der Waals surface area (Å²) in [5.74, 6) is -1.26. The average molecular weight is 477 g/mol. The first-order valence-electron chi connectivity index (χ1n) is 11.4. The minimum Gasteiger partial charge on any atom is -0.361 e. The van der Waals surface area contributed by atoms with Gasteiger partial charge < -0.3 is 20.1 Å². The first kappa shape index (κ1) is 22.2. The number of fused-ring (bicyclic) bond motifs is 1. The fraction of sp³-hybridized carbons (Fsp3) is 0.269. The fourth-order valence-corrected chi connectivity index (χ4v) is 4.92. The molecule has 0 radical (unpaired) electrons. The summed E-state index contributed by atoms with van der Waals surface area (Å²) in [7, 11) is 0. The van der Waals surface area contributed by atoms with E-state index >= 15 is 0 Å². The molecular weight excluding hydrogens is 452 g/mol. The van der Waals surface area contributed by atoms with Crippen molar-refractivity contribution in [2.75, 3.05) is 29.9 Å². The van der Waals surface area contributed by atoms with Gasteiger partial charge in [0.2, 0.25) is 5.91 Å². The summed E-state index contributed by atoms with van der Waals surface area (Å²) in [5.41, 5.74) is 5.63. The minimum absolute atomic E-state index is 0.0362. The molecule has 0 spiro atoms. The highest BCUT2D eigenvalue weighted by molar-refractivity contribution is 6.40. The van der Waals surface area contributed by atoms with E-state index in [1.54, 1.807) is 23.1 Å². The molecule has 5 rings (SSSR count). The van der Waals surface area contributed by atoms with Crippen molar-refractivity contribution in [1.29, 1.82) is 0 Å². The largest absolute Gasteiger partial charge is 0.361 e. The number of hydrogen-bond acceptors (Lipinski definition) is 3. The molecule has 3 heterocycles. The number of nitrogens with zero attached hydrogens (tertiary/aromatic N) is 2. The third-order valence-electron chi connectivity index (χ3n) is 6.44. The summed E-state index contributed by atoms with van der Waals surface area (Å²) < 4.78 is 0. The van der Waals surface area contributed by atoms with Crippen molar-refractivity contribution >= 4 is 57.2 Å². The molecule has 0 aliphatic carbocycles. The lowest BCUT2D eigenvalue weighted by molar-refractivity contribution is -0.142. The third-order valence-corrected chi connectivity index (χ3v) is 6.75. The van der Waals surface area contributed by atoms with Gasteiger partial charge in [-0.3, -0.25) is 14.4 Å². The van der Waals surface area contributed by atoms with Gasteiger partial charge in [0.05, 0.1) is 10.7 Å². The van der Waals surface area contributed by atoms with E-state index in [4.69, 9.17) is 11.6 Å². The first-order valence-corrected chi connectivity index (χ1v) is 11.8. The fourth-order valence-electron chi connectivity index (χ4n) is 4.64. The Hall–Kier alpha value is -3.58. The van der Waals surface area contributed by atoms with E-state index in [0.29, 0.717) is 48.9 Å². The number of nitrogens with one attached hydrogen (secondary N) is 2. The van der Waals surface area contributed by atoms with E-state index in [-0.39, 0.29) is 5.91 Å². The number of carbonyl (C=O) groups excluding carboxylic acids is 3. The number of aromatic nitrogens is 1. The molecule has 2 aromatic carbocycles. The number of aryl methyl sites for hydroxylation is 1. The van der Waals surface area contributed by atoms with Crippen LogP contribution >= 0.6 is 11.6 Å². The van der Waals surface area contributed by atoms with Crippen LogP contribution in [0.25, 0.3) is 16.5 Å². The molecule has 174 valence electrons. The number of aromatic amines is 1. The first-order chi connectivity index (χ1) is 16.4. The molecule has 0 saturated carbocycles. The second-order valence-electron chi connectivity index (χ2n) is 8.75. The number of halogens is 1. The lowest BCUT2D eigenvalue weighted by Gasteiger charge is -2.26. The summed E-state index contributed by atoms with van der Waals surface area (Å²) in [6, 6.07) is 11.2. The topological polar surface area (TPSA) is 85.5 Å². The van der Waals surface area contributed by atoms with Crippen LogP contribution in [-0.2, 0) is 14.4 Å². The van der Waals surface area contributed by atoms with E-state index in [9.17, 15) is 14.4 Å². The van der Waals surface area contributed by atoms with Crippen LogP contribution in [-0.4, -0.2) is 47.2 Å². The van der Waals surface area contributed by atoms with Gasteiger partial charge in [0.1, 0.15) is 0 Å². The van der Waals surface area contributed by atoms with Crippen LogP contribution in [0.3, 0.4) is 0 Å². The molecule has 2 N–H and O–H groups in total. The monoisotopic (exact) mass is 476 g/mol. The quantitative estimate of drug-likeness (QED) is 0.545. The third kappa shape index (κ3) is 4.19. The van der Waals surface area contributed by atoms with E-state index in [1.165, 1.54) is 16.0 Å². The number of anilines is 2. The van der Waals surface area contributed by atoms with Gasteiger partial charge in [-0.05, 0) is 55.2 Å². The molecule has 8 heteroatoms. The molecule has 1 aromatic heterocycles. The molecule has 1 fully saturated rings. The standard InChI is InChI=1S/C26H25ClN4O3/c1-16-4-6-19-20(15-28-22(19)13-16)17-8-11-30(12-9-17)26(34)25(33)29-18-5-7-23(21(27)14-18)31-10-2-3-24(31)32/h4-8,13-15,28H,2-3,9-12H2,1H3,(H,29,33). The van der Waals surface area contributed by atoms with Crippen molar-refractivity contribution in [3.05, 3.63) is 64.8 Å². The zero-order valence-electron chi connectivity index (χ0n) is 18.9. The van der Waals surface area contributed by atoms with Gasteiger partial charge in [0.15, 0.2) is 0 Å². The number of amides is 3. The minimum atomic E-state index is -0.708. The summed E-state index contributed by atoms with van der Waals surface area (Å²) in [6.45, 7) is 3.53. The maximum Gasteiger partial charge on any atom is 0.313 e. The molecule has 0 atom stereocenters. The van der Waals surface area contributed by atoms with Crippen molar-refractivity contribution in [2.45, 2.75) is 26.2 Å². The zero-order valence-corrected chi connectivity index (χ0v) is 19.6. The molecule has 34 heavy (non-hydrogen) atoms. The van der Waals surface area contributed by atoms with Gasteiger partial charge in [-0.1, -0.05) is 29.8 Å². The van der Waals surface area contributed by atoms with Crippen LogP contribution in [0.15, 0.2) is 48.7 Å². The summed E-state index contributed by atoms with van der Waals surface area (Å²) >= 11 is 6.35. The molecule has 0 bridgehead atoms. The molecule has 1 saturated heterocycles. The Kier molecular flexibility index (Phi) is 5.87. The molecular formula is C26H25ClN4O3. The van der Waals surface area contributed by atoms with E-state index in [2.05, 4.69) is 35.4 Å². The van der Waals surface area contributed by atoms with Gasteiger partial charge in [0.25, 0.3) is 0 Å². The van der Waals surface area contributed by atoms with Crippen molar-refractivity contribution in [3.8, 4) is 0 Å². The van der Waals surface area contributed by atoms with Gasteiger partial charge >= 0.3 is 11.8 Å². The Bertz CT molecular complexity index is 1340. The van der Waals surface area contributed by atoms with E-state index < -0.39 is 11.8 Å².